The first-order valence-corrected chi connectivity index (χ1v) is 15.0. The number of nitrogens with two attached hydrogens (primary N) is 5. The van der Waals surface area contributed by atoms with Crippen molar-refractivity contribution in [2.45, 2.75) is 75.2 Å². The summed E-state index contributed by atoms with van der Waals surface area (Å²) < 4.78 is 0. The van der Waals surface area contributed by atoms with Crippen molar-refractivity contribution in [1.29, 1.82) is 0 Å². The smallest absolute Gasteiger partial charge is 0.326 e. The molecule has 0 aliphatic carbocycles. The first-order valence-electron chi connectivity index (χ1n) is 15.0. The number of aliphatic hydroxyl groups excluding tert-OH is 1. The van der Waals surface area contributed by atoms with Gasteiger partial charge in [-0.3, -0.25) is 38.8 Å². The Morgan fingerprint density at radius 3 is 1.88 bits per heavy atom. The minimum atomic E-state index is -1.48. The van der Waals surface area contributed by atoms with Crippen LogP contribution in [0.2, 0.25) is 0 Å². The van der Waals surface area contributed by atoms with Crippen LogP contribution in [-0.4, -0.2) is 137 Å². The number of β-amino-alcohol motifs (C(OH)–C–C–N with tert-alkyl or cyclic N) is 1. The molecule has 5 atom stereocenters. The third-order valence-electron chi connectivity index (χ3n) is 6.91. The van der Waals surface area contributed by atoms with Crippen LogP contribution in [0.15, 0.2) is 9.98 Å². The minimum Gasteiger partial charge on any atom is -0.481 e. The van der Waals surface area contributed by atoms with Crippen LogP contribution in [0.5, 0.6) is 0 Å². The van der Waals surface area contributed by atoms with E-state index in [-0.39, 0.29) is 63.7 Å². The average Bonchev–Trinajstić information content (AvgIpc) is 3.41. The zero-order valence-corrected chi connectivity index (χ0v) is 26.3. The summed E-state index contributed by atoms with van der Waals surface area (Å²) in [5.41, 5.74) is 26.4. The Kier molecular flexibility index (Phi) is 17.7. The van der Waals surface area contributed by atoms with Gasteiger partial charge in [-0.1, -0.05) is 0 Å². The van der Waals surface area contributed by atoms with Crippen LogP contribution in [0.25, 0.3) is 0 Å². The fourth-order valence-electron chi connectivity index (χ4n) is 4.62. The standard InChI is InChI=1S/C26H46N12O10/c27-10-18(40)36-15(3-1-7-32-25(28)29)23(46)38-12-13(39)9-17(38)22(45)34-11-19(41)35-14(5-6-20(42)43)21(44)37-16(24(47)48)4-2-8-33-26(30)31/h13-17,39H,1-12,27H2,(H,34,45)(H,35,41)(H,36,40)(H,37,44)(H,42,43)(H,47,48)(H4,28,29,32)(H4,30,31,33)/t13-,14+,15+,16+,17+/m1/s1. The van der Waals surface area contributed by atoms with Crippen LogP contribution in [0.4, 0.5) is 0 Å². The Balaban J connectivity index is 2.93. The zero-order chi connectivity index (χ0) is 36.4. The van der Waals surface area contributed by atoms with E-state index in [4.69, 9.17) is 33.8 Å². The second-order valence-corrected chi connectivity index (χ2v) is 10.8. The molecule has 1 rings (SSSR count). The van der Waals surface area contributed by atoms with Crippen LogP contribution in [-0.2, 0) is 33.6 Å². The molecule has 0 radical (unpaired) electrons. The molecule has 17 N–H and O–H groups in total. The van der Waals surface area contributed by atoms with Gasteiger partial charge in [0, 0.05) is 32.5 Å². The Hall–Kier alpha value is -5.25. The predicted molar refractivity (Wildman–Crippen MR) is 168 cm³/mol. The van der Waals surface area contributed by atoms with E-state index in [0.717, 1.165) is 4.90 Å². The molecule has 0 aromatic heterocycles. The van der Waals surface area contributed by atoms with Crippen molar-refractivity contribution in [1.82, 2.24) is 26.2 Å². The molecule has 0 spiro atoms. The number of carboxylic acids is 2. The van der Waals surface area contributed by atoms with Crippen LogP contribution in [0.3, 0.4) is 0 Å². The average molecular weight is 687 g/mol. The number of carbonyl (C=O) groups excluding carboxylic acids is 5. The van der Waals surface area contributed by atoms with E-state index in [2.05, 4.69) is 31.3 Å². The number of aliphatic imine (C=N–C) groups is 2. The SMILES string of the molecule is NCC(=O)N[C@@H](CCCN=C(N)N)C(=O)N1C[C@H](O)C[C@H]1C(=O)NCC(=O)N[C@@H](CCC(=O)O)C(=O)N[C@@H](CCCN=C(N)N)C(=O)O. The lowest BCUT2D eigenvalue weighted by Crippen LogP contribution is -2.56. The molecular weight excluding hydrogens is 640 g/mol. The third kappa shape index (κ3) is 15.4. The van der Waals surface area contributed by atoms with Gasteiger partial charge in [-0.15, -0.1) is 0 Å². The topological polar surface area (TPSA) is 386 Å². The van der Waals surface area contributed by atoms with Gasteiger partial charge in [0.1, 0.15) is 24.2 Å². The van der Waals surface area contributed by atoms with Crippen molar-refractivity contribution in [2.75, 3.05) is 32.7 Å². The molecular formula is C26H46N12O10. The van der Waals surface area contributed by atoms with Crippen molar-refractivity contribution in [3.8, 4) is 0 Å². The van der Waals surface area contributed by atoms with Gasteiger partial charge in [-0.25, -0.2) is 4.79 Å². The number of nitrogens with one attached hydrogen (secondary N) is 4. The van der Waals surface area contributed by atoms with Gasteiger partial charge in [0.25, 0.3) is 0 Å². The quantitative estimate of drug-likeness (QED) is 0.0303. The summed E-state index contributed by atoms with van der Waals surface area (Å²) in [5, 5.41) is 38.1. The van der Waals surface area contributed by atoms with E-state index < -0.39 is 97.7 Å². The van der Waals surface area contributed by atoms with Crippen molar-refractivity contribution in [3.05, 3.63) is 0 Å². The van der Waals surface area contributed by atoms with E-state index in [1.54, 1.807) is 0 Å². The molecule has 0 saturated carbocycles. The second kappa shape index (κ2) is 20.8. The predicted octanol–water partition coefficient (Wildman–Crippen LogP) is -6.47. The van der Waals surface area contributed by atoms with E-state index in [0.29, 0.717) is 0 Å². The lowest BCUT2D eigenvalue weighted by molar-refractivity contribution is -0.143. The number of hydrogen-bond donors (Lipinski definition) is 12. The Labute approximate surface area is 275 Å². The highest BCUT2D eigenvalue weighted by molar-refractivity contribution is 5.95. The maximum Gasteiger partial charge on any atom is 0.326 e. The second-order valence-electron chi connectivity index (χ2n) is 10.8. The molecule has 5 amide bonds. The highest BCUT2D eigenvalue weighted by Crippen LogP contribution is 2.20. The van der Waals surface area contributed by atoms with Crippen LogP contribution in [0.1, 0.15) is 44.9 Å². The molecule has 0 unspecified atom stereocenters. The number of carboxylic acid groups (broad SMARTS) is 2. The molecule has 1 saturated heterocycles. The largest absolute Gasteiger partial charge is 0.481 e. The van der Waals surface area contributed by atoms with Crippen molar-refractivity contribution >= 4 is 53.4 Å². The maximum absolute atomic E-state index is 13.4. The van der Waals surface area contributed by atoms with Crippen LogP contribution < -0.4 is 49.9 Å². The molecule has 0 aromatic rings. The Bertz CT molecular complexity index is 1220. The molecule has 270 valence electrons. The molecule has 1 heterocycles. The van der Waals surface area contributed by atoms with Crippen molar-refractivity contribution in [2.24, 2.45) is 38.7 Å². The number of hydrogen-bond acceptors (Lipinski definition) is 11. The van der Waals surface area contributed by atoms with Gasteiger partial charge >= 0.3 is 11.9 Å². The normalized spacial score (nSPS) is 17.2. The first kappa shape index (κ1) is 40.8. The van der Waals surface area contributed by atoms with E-state index in [1.807, 2.05) is 0 Å². The van der Waals surface area contributed by atoms with E-state index >= 15 is 0 Å². The van der Waals surface area contributed by atoms with E-state index in [9.17, 15) is 43.8 Å². The van der Waals surface area contributed by atoms with Crippen LogP contribution >= 0.6 is 0 Å². The van der Waals surface area contributed by atoms with Gasteiger partial charge in [-0.2, -0.15) is 0 Å². The van der Waals surface area contributed by atoms with Gasteiger partial charge in [0.15, 0.2) is 11.9 Å². The summed E-state index contributed by atoms with van der Waals surface area (Å²) in [7, 11) is 0. The van der Waals surface area contributed by atoms with Crippen LogP contribution in [0, 0.1) is 0 Å². The lowest BCUT2D eigenvalue weighted by Gasteiger charge is -2.28. The summed E-state index contributed by atoms with van der Waals surface area (Å²) in [6.45, 7) is -1.16. The molecule has 22 heteroatoms. The first-order chi connectivity index (χ1) is 22.5. The van der Waals surface area contributed by atoms with E-state index in [1.165, 1.54) is 0 Å². The fourth-order valence-corrected chi connectivity index (χ4v) is 4.62. The Morgan fingerprint density at radius 2 is 1.35 bits per heavy atom. The highest BCUT2D eigenvalue weighted by Gasteiger charge is 2.41. The van der Waals surface area contributed by atoms with Gasteiger partial charge in [-0.05, 0) is 32.1 Å². The molecule has 1 aliphatic rings. The number of aliphatic hydroxyl groups is 1. The van der Waals surface area contributed by atoms with Gasteiger partial charge in [0.05, 0.1) is 19.2 Å². The number of guanidine groups is 2. The molecule has 22 nitrogen and oxygen atoms in total. The number of carbonyl (C=O) groups is 7. The summed E-state index contributed by atoms with van der Waals surface area (Å²) in [4.78, 5) is 95.4. The molecule has 48 heavy (non-hydrogen) atoms. The summed E-state index contributed by atoms with van der Waals surface area (Å²) in [5.74, 6) is -7.13. The molecule has 0 bridgehead atoms. The Morgan fingerprint density at radius 1 is 0.792 bits per heavy atom. The lowest BCUT2D eigenvalue weighted by atomic mass is 10.1. The van der Waals surface area contributed by atoms with Crippen molar-refractivity contribution in [3.63, 3.8) is 0 Å². The van der Waals surface area contributed by atoms with Gasteiger partial charge in [0.2, 0.25) is 29.5 Å². The maximum atomic E-state index is 13.4. The number of rotatable bonds is 21. The summed E-state index contributed by atoms with van der Waals surface area (Å²) >= 11 is 0. The summed E-state index contributed by atoms with van der Waals surface area (Å²) in [6.07, 6.45) is -1.80. The number of aliphatic carboxylic acids is 2. The highest BCUT2D eigenvalue weighted by atomic mass is 16.4. The summed E-state index contributed by atoms with van der Waals surface area (Å²) in [6, 6.07) is -5.26. The van der Waals surface area contributed by atoms with Gasteiger partial charge < -0.3 is 70.2 Å². The fraction of sp³-hybridized carbons (Fsp3) is 0.654. The molecule has 1 fully saturated rings. The number of likely N-dealkylation sites (tertiary alicyclic amines) is 1. The number of nitrogens with zero attached hydrogens (tertiary/aromatic N) is 3. The monoisotopic (exact) mass is 686 g/mol. The zero-order valence-electron chi connectivity index (χ0n) is 26.3. The molecule has 1 aliphatic heterocycles. The molecule has 0 aromatic carbocycles. The third-order valence-corrected chi connectivity index (χ3v) is 6.91. The number of amides is 5. The van der Waals surface area contributed by atoms with Crippen molar-refractivity contribution < 1.29 is 48.9 Å². The minimum absolute atomic E-state index is 0.0729.